The number of methoxy groups -OCH3 is 1. The van der Waals surface area contributed by atoms with E-state index in [4.69, 9.17) is 16.3 Å². The fraction of sp³-hybridized carbons (Fsp3) is 0.423. The Kier molecular flexibility index (Phi) is 8.68. The Morgan fingerprint density at radius 3 is 2.66 bits per heavy atom. The number of fused-ring (bicyclic) bond motifs is 1. The Bertz CT molecular complexity index is 1350. The third-order valence-corrected chi connectivity index (χ3v) is 7.60. The maximum Gasteiger partial charge on any atom is 0.268 e. The van der Waals surface area contributed by atoms with Crippen LogP contribution in [-0.2, 0) is 9.59 Å². The number of nitrogens with zero attached hydrogens (tertiary/aromatic N) is 1. The molecule has 0 saturated carbocycles. The highest BCUT2D eigenvalue weighted by molar-refractivity contribution is 7.12. The van der Waals surface area contributed by atoms with Crippen LogP contribution in [0.2, 0.25) is 5.15 Å². The number of hydrogen-bond acceptors (Lipinski definition) is 7. The van der Waals surface area contributed by atoms with Crippen molar-refractivity contribution in [3.8, 4) is 5.75 Å². The van der Waals surface area contributed by atoms with E-state index < -0.39 is 35.6 Å². The van der Waals surface area contributed by atoms with Crippen LogP contribution in [0.15, 0.2) is 29.6 Å². The Labute approximate surface area is 228 Å². The summed E-state index contributed by atoms with van der Waals surface area (Å²) in [7, 11) is 1.55. The molecule has 0 bridgehead atoms. The number of thiazole rings is 1. The predicted molar refractivity (Wildman–Crippen MR) is 145 cm³/mol. The number of benzene rings is 1. The first-order valence-electron chi connectivity index (χ1n) is 12.4. The first-order chi connectivity index (χ1) is 18.2. The van der Waals surface area contributed by atoms with Gasteiger partial charge in [0, 0.05) is 28.7 Å². The SMILES string of the molecule is COc1cccc2[nH]c(C(=O)N[C@H](CC(C)C)C(=O)N[C@@H](C[C@H]3CCNC3=O)C(=O)c3nc(Cl)cs3)cc12. The van der Waals surface area contributed by atoms with E-state index in [1.54, 1.807) is 19.2 Å². The summed E-state index contributed by atoms with van der Waals surface area (Å²) in [5.41, 5.74) is 1.00. The quantitative estimate of drug-likeness (QED) is 0.265. The van der Waals surface area contributed by atoms with Gasteiger partial charge in [0.2, 0.25) is 17.6 Å². The zero-order valence-corrected chi connectivity index (χ0v) is 22.9. The van der Waals surface area contributed by atoms with Gasteiger partial charge in [-0.05, 0) is 43.4 Å². The summed E-state index contributed by atoms with van der Waals surface area (Å²) in [4.78, 5) is 59.2. The van der Waals surface area contributed by atoms with Gasteiger partial charge in [0.1, 0.15) is 22.6 Å². The second kappa shape index (κ2) is 12.0. The number of nitrogens with one attached hydrogen (secondary N) is 4. The molecule has 0 unspecified atom stereocenters. The summed E-state index contributed by atoms with van der Waals surface area (Å²) in [5.74, 6) is -1.29. The molecule has 10 nitrogen and oxygen atoms in total. The topological polar surface area (TPSA) is 142 Å². The van der Waals surface area contributed by atoms with Crippen molar-refractivity contribution in [3.63, 3.8) is 0 Å². The van der Waals surface area contributed by atoms with Crippen LogP contribution in [0.25, 0.3) is 10.9 Å². The molecule has 0 spiro atoms. The Morgan fingerprint density at radius 1 is 1.24 bits per heavy atom. The van der Waals surface area contributed by atoms with Gasteiger partial charge in [0.05, 0.1) is 13.2 Å². The maximum atomic E-state index is 13.5. The molecule has 0 radical (unpaired) electrons. The van der Waals surface area contributed by atoms with Gasteiger partial charge in [-0.2, -0.15) is 0 Å². The van der Waals surface area contributed by atoms with Gasteiger partial charge in [-0.1, -0.05) is 31.5 Å². The van der Waals surface area contributed by atoms with Crippen LogP contribution >= 0.6 is 22.9 Å². The summed E-state index contributed by atoms with van der Waals surface area (Å²) in [6.07, 6.45) is 1.03. The zero-order chi connectivity index (χ0) is 27.4. The molecule has 2 aromatic heterocycles. The zero-order valence-electron chi connectivity index (χ0n) is 21.3. The molecule has 1 fully saturated rings. The predicted octanol–water partition coefficient (Wildman–Crippen LogP) is 3.32. The summed E-state index contributed by atoms with van der Waals surface area (Å²) >= 11 is 6.99. The lowest BCUT2D eigenvalue weighted by Gasteiger charge is -2.24. The fourth-order valence-corrected chi connectivity index (χ4v) is 5.48. The van der Waals surface area contributed by atoms with Crippen molar-refractivity contribution in [1.82, 2.24) is 25.9 Å². The summed E-state index contributed by atoms with van der Waals surface area (Å²) in [6.45, 7) is 4.38. The van der Waals surface area contributed by atoms with Crippen LogP contribution in [0.3, 0.4) is 0 Å². The van der Waals surface area contributed by atoms with Crippen LogP contribution in [0, 0.1) is 11.8 Å². The normalized spacial score (nSPS) is 16.8. The van der Waals surface area contributed by atoms with Crippen LogP contribution in [0.4, 0.5) is 0 Å². The molecule has 202 valence electrons. The molecule has 1 saturated heterocycles. The van der Waals surface area contributed by atoms with Gasteiger partial charge in [0.15, 0.2) is 5.01 Å². The largest absolute Gasteiger partial charge is 0.496 e. The highest BCUT2D eigenvalue weighted by Crippen LogP contribution is 2.26. The van der Waals surface area contributed by atoms with E-state index in [1.165, 1.54) is 5.38 Å². The number of Topliss-reactive ketones (excluding diaryl/α,β-unsaturated/α-hetero) is 1. The number of hydrogen-bond donors (Lipinski definition) is 4. The number of H-pyrrole nitrogens is 1. The highest BCUT2D eigenvalue weighted by Gasteiger charge is 2.34. The monoisotopic (exact) mass is 559 g/mol. The molecular weight excluding hydrogens is 530 g/mol. The Morgan fingerprint density at radius 2 is 2.03 bits per heavy atom. The minimum atomic E-state index is -0.998. The van der Waals surface area contributed by atoms with Crippen LogP contribution in [0.5, 0.6) is 5.75 Å². The number of ketones is 1. The molecule has 1 aromatic carbocycles. The van der Waals surface area contributed by atoms with Crippen molar-refractivity contribution in [2.75, 3.05) is 13.7 Å². The molecule has 3 heterocycles. The second-order valence-electron chi connectivity index (χ2n) is 9.67. The second-order valence-corrected chi connectivity index (χ2v) is 10.9. The van der Waals surface area contributed by atoms with Crippen LogP contribution in [-0.4, -0.2) is 59.2 Å². The van der Waals surface area contributed by atoms with E-state index in [-0.39, 0.29) is 34.1 Å². The van der Waals surface area contributed by atoms with Crippen molar-refractivity contribution >= 4 is 57.3 Å². The Hall–Kier alpha value is -3.44. The number of ether oxygens (including phenoxy) is 1. The molecule has 0 aliphatic carbocycles. The number of aromatic nitrogens is 2. The molecule has 3 aromatic rings. The first-order valence-corrected chi connectivity index (χ1v) is 13.6. The number of carbonyl (C=O) groups is 4. The molecule has 3 amide bonds. The number of aromatic amines is 1. The third-order valence-electron chi connectivity index (χ3n) is 6.42. The maximum absolute atomic E-state index is 13.5. The van der Waals surface area contributed by atoms with E-state index in [0.717, 1.165) is 22.2 Å². The smallest absolute Gasteiger partial charge is 0.268 e. The third kappa shape index (κ3) is 6.33. The van der Waals surface area contributed by atoms with Crippen molar-refractivity contribution < 1.29 is 23.9 Å². The van der Waals surface area contributed by atoms with E-state index in [9.17, 15) is 19.2 Å². The molecule has 1 aliphatic heterocycles. The molecule has 4 N–H and O–H groups in total. The van der Waals surface area contributed by atoms with Gasteiger partial charge < -0.3 is 25.7 Å². The number of carbonyl (C=O) groups excluding carboxylic acids is 4. The lowest BCUT2D eigenvalue weighted by Crippen LogP contribution is -2.52. The van der Waals surface area contributed by atoms with Crippen LogP contribution < -0.4 is 20.7 Å². The Balaban J connectivity index is 1.54. The average Bonchev–Trinajstić information content (AvgIpc) is 3.62. The lowest BCUT2D eigenvalue weighted by molar-refractivity contribution is -0.125. The van der Waals surface area contributed by atoms with Gasteiger partial charge >= 0.3 is 0 Å². The van der Waals surface area contributed by atoms with E-state index in [2.05, 4.69) is 25.9 Å². The number of amides is 3. The summed E-state index contributed by atoms with van der Waals surface area (Å²) in [5, 5.41) is 11.0. The highest BCUT2D eigenvalue weighted by atomic mass is 35.5. The molecule has 3 atom stereocenters. The van der Waals surface area contributed by atoms with Crippen molar-refractivity contribution in [1.29, 1.82) is 0 Å². The minimum Gasteiger partial charge on any atom is -0.496 e. The van der Waals surface area contributed by atoms with E-state index in [1.807, 2.05) is 26.0 Å². The number of rotatable bonds is 11. The first kappa shape index (κ1) is 27.6. The van der Waals surface area contributed by atoms with Crippen molar-refractivity contribution in [2.45, 2.75) is 45.2 Å². The van der Waals surface area contributed by atoms with E-state index in [0.29, 0.717) is 25.1 Å². The van der Waals surface area contributed by atoms with E-state index >= 15 is 0 Å². The fourth-order valence-electron chi connectivity index (χ4n) is 4.54. The van der Waals surface area contributed by atoms with Gasteiger partial charge in [-0.25, -0.2) is 4.98 Å². The molecular formula is C26H30ClN5O5S. The van der Waals surface area contributed by atoms with Crippen molar-refractivity contribution in [2.24, 2.45) is 11.8 Å². The average molecular weight is 560 g/mol. The summed E-state index contributed by atoms with van der Waals surface area (Å²) in [6, 6.07) is 5.19. The van der Waals surface area contributed by atoms with Gasteiger partial charge in [-0.3, -0.25) is 19.2 Å². The lowest BCUT2D eigenvalue weighted by atomic mass is 9.95. The molecule has 12 heteroatoms. The van der Waals surface area contributed by atoms with Gasteiger partial charge in [-0.15, -0.1) is 11.3 Å². The van der Waals surface area contributed by atoms with Crippen LogP contribution in [0.1, 0.15) is 53.4 Å². The van der Waals surface area contributed by atoms with Crippen molar-refractivity contribution in [3.05, 3.63) is 45.5 Å². The molecule has 38 heavy (non-hydrogen) atoms. The van der Waals surface area contributed by atoms with Gasteiger partial charge in [0.25, 0.3) is 5.91 Å². The standard InChI is InChI=1S/C26H30ClN5O5S/c1-13(2)9-18(31-25(36)19-11-15-16(29-19)5-4-6-20(15)37-3)24(35)30-17(10-14-7-8-28-23(14)34)22(33)26-32-21(27)12-38-26/h4-6,11-14,17-18,29H,7-10H2,1-3H3,(H,28,34)(H,30,35)(H,31,36)/t14-,17+,18-/m1/s1. The summed E-state index contributed by atoms with van der Waals surface area (Å²) < 4.78 is 5.37. The molecule has 1 aliphatic rings. The number of halogens is 1. The molecule has 4 rings (SSSR count). The minimum absolute atomic E-state index is 0.0707.